The molecule has 1 heterocycles. The minimum absolute atomic E-state index is 0.184. The van der Waals surface area contributed by atoms with Crippen LogP contribution in [-0.2, 0) is 14.3 Å². The second-order valence-electron chi connectivity index (χ2n) is 7.37. The molecule has 0 bridgehead atoms. The van der Waals surface area contributed by atoms with Gasteiger partial charge in [-0.15, -0.1) is 0 Å². The number of methoxy groups -OCH3 is 1. The second kappa shape index (κ2) is 7.24. The molecule has 1 saturated heterocycles. The summed E-state index contributed by atoms with van der Waals surface area (Å²) in [5.41, 5.74) is 0.609. The highest BCUT2D eigenvalue weighted by molar-refractivity contribution is 5.82. The molecule has 1 aliphatic heterocycles. The van der Waals surface area contributed by atoms with Gasteiger partial charge in [0.05, 0.1) is 7.11 Å². The van der Waals surface area contributed by atoms with Crippen LogP contribution in [0.2, 0.25) is 0 Å². The fourth-order valence-corrected chi connectivity index (χ4v) is 3.14. The maximum Gasteiger partial charge on any atom is 0.411 e. The molecular weight excluding hydrogens is 306 g/mol. The zero-order valence-corrected chi connectivity index (χ0v) is 15.1. The van der Waals surface area contributed by atoms with Gasteiger partial charge in [-0.3, -0.25) is 4.90 Å². The van der Waals surface area contributed by atoms with Crippen molar-refractivity contribution >= 4 is 12.1 Å². The highest BCUT2D eigenvalue weighted by atomic mass is 16.6. The Balaban J connectivity index is 2.17. The number of likely N-dealkylation sites (tertiary alicyclic amines) is 1. The molecule has 0 aromatic heterocycles. The molecule has 1 fully saturated rings. The first-order valence-corrected chi connectivity index (χ1v) is 8.35. The summed E-state index contributed by atoms with van der Waals surface area (Å²) in [6.07, 6.45) is 0.128. The minimum Gasteiger partial charge on any atom is -0.467 e. The Morgan fingerprint density at radius 1 is 1.21 bits per heavy atom. The van der Waals surface area contributed by atoms with E-state index >= 15 is 0 Å². The van der Waals surface area contributed by atoms with Crippen molar-refractivity contribution in [2.45, 2.75) is 51.7 Å². The van der Waals surface area contributed by atoms with Crippen molar-refractivity contribution in [3.05, 3.63) is 35.9 Å². The average molecular weight is 333 g/mol. The van der Waals surface area contributed by atoms with Crippen LogP contribution >= 0.6 is 0 Å². The number of esters is 1. The third-order valence-corrected chi connectivity index (χ3v) is 4.47. The van der Waals surface area contributed by atoms with Gasteiger partial charge < -0.3 is 9.47 Å². The van der Waals surface area contributed by atoms with E-state index in [1.165, 1.54) is 17.6 Å². The van der Waals surface area contributed by atoms with Crippen LogP contribution in [0, 0.1) is 5.92 Å². The molecule has 1 amide bonds. The van der Waals surface area contributed by atoms with Crippen molar-refractivity contribution in [1.82, 2.24) is 4.90 Å². The van der Waals surface area contributed by atoms with Crippen LogP contribution in [0.25, 0.3) is 0 Å². The van der Waals surface area contributed by atoms with Crippen LogP contribution in [0.5, 0.6) is 0 Å². The van der Waals surface area contributed by atoms with Crippen LogP contribution in [0.3, 0.4) is 0 Å². The number of rotatable bonds is 3. The lowest BCUT2D eigenvalue weighted by atomic mass is 9.86. The maximum atomic E-state index is 12.5. The molecule has 0 saturated carbocycles. The van der Waals surface area contributed by atoms with Gasteiger partial charge in [0.1, 0.15) is 11.6 Å². The molecular formula is C19H27NO4. The monoisotopic (exact) mass is 333 g/mol. The van der Waals surface area contributed by atoms with Crippen molar-refractivity contribution in [2.24, 2.45) is 5.92 Å². The maximum absolute atomic E-state index is 12.5. The predicted octanol–water partition coefficient (Wildman–Crippen LogP) is 3.59. The molecule has 1 aliphatic rings. The lowest BCUT2D eigenvalue weighted by Gasteiger charge is -2.27. The summed E-state index contributed by atoms with van der Waals surface area (Å²) in [4.78, 5) is 26.1. The summed E-state index contributed by atoms with van der Waals surface area (Å²) in [7, 11) is 1.35. The van der Waals surface area contributed by atoms with E-state index < -0.39 is 17.7 Å². The van der Waals surface area contributed by atoms with Crippen molar-refractivity contribution in [3.8, 4) is 0 Å². The van der Waals surface area contributed by atoms with E-state index in [9.17, 15) is 9.59 Å². The molecule has 0 radical (unpaired) electrons. The van der Waals surface area contributed by atoms with E-state index in [0.717, 1.165) is 0 Å². The van der Waals surface area contributed by atoms with Gasteiger partial charge >= 0.3 is 12.1 Å². The molecule has 0 spiro atoms. The van der Waals surface area contributed by atoms with Crippen molar-refractivity contribution in [1.29, 1.82) is 0 Å². The molecule has 0 aliphatic carbocycles. The number of hydrogen-bond donors (Lipinski definition) is 0. The molecule has 132 valence electrons. The molecule has 1 aromatic rings. The lowest BCUT2D eigenvalue weighted by Crippen LogP contribution is -2.43. The second-order valence-corrected chi connectivity index (χ2v) is 7.37. The molecule has 5 nitrogen and oxygen atoms in total. The van der Waals surface area contributed by atoms with E-state index in [4.69, 9.17) is 9.47 Å². The van der Waals surface area contributed by atoms with Crippen LogP contribution < -0.4 is 0 Å². The molecule has 0 N–H and O–H groups in total. The lowest BCUT2D eigenvalue weighted by molar-refractivity contribution is -0.145. The van der Waals surface area contributed by atoms with Gasteiger partial charge in [0.25, 0.3) is 0 Å². The Morgan fingerprint density at radius 3 is 2.38 bits per heavy atom. The van der Waals surface area contributed by atoms with E-state index in [0.29, 0.717) is 13.0 Å². The summed E-state index contributed by atoms with van der Waals surface area (Å²) >= 11 is 0. The summed E-state index contributed by atoms with van der Waals surface area (Å²) in [5.74, 6) is 0.0402. The van der Waals surface area contributed by atoms with Gasteiger partial charge in [0.15, 0.2) is 0 Å². The van der Waals surface area contributed by atoms with Crippen LogP contribution in [-0.4, -0.2) is 42.3 Å². The Kier molecular flexibility index (Phi) is 5.52. The molecule has 5 heteroatoms. The predicted molar refractivity (Wildman–Crippen MR) is 91.7 cm³/mol. The number of benzene rings is 1. The summed E-state index contributed by atoms with van der Waals surface area (Å²) in [6, 6.07) is 9.56. The van der Waals surface area contributed by atoms with Crippen molar-refractivity contribution < 1.29 is 19.1 Å². The quantitative estimate of drug-likeness (QED) is 0.793. The smallest absolute Gasteiger partial charge is 0.411 e. The molecule has 2 rings (SSSR count). The first kappa shape index (κ1) is 18.3. The van der Waals surface area contributed by atoms with Crippen LogP contribution in [0.1, 0.15) is 45.6 Å². The molecule has 24 heavy (non-hydrogen) atoms. The van der Waals surface area contributed by atoms with Gasteiger partial charge in [-0.25, -0.2) is 9.59 Å². The summed E-state index contributed by atoms with van der Waals surface area (Å²) < 4.78 is 10.3. The summed E-state index contributed by atoms with van der Waals surface area (Å²) in [5, 5.41) is 0. The Hall–Kier alpha value is -2.04. The van der Waals surface area contributed by atoms with Crippen molar-refractivity contribution in [2.75, 3.05) is 13.7 Å². The van der Waals surface area contributed by atoms with Crippen LogP contribution in [0.4, 0.5) is 4.79 Å². The molecule has 1 aromatic carbocycles. The minimum atomic E-state index is -0.596. The fourth-order valence-electron chi connectivity index (χ4n) is 3.14. The highest BCUT2D eigenvalue weighted by Crippen LogP contribution is 2.36. The van der Waals surface area contributed by atoms with Crippen LogP contribution in [0.15, 0.2) is 30.3 Å². The zero-order valence-electron chi connectivity index (χ0n) is 15.1. The average Bonchev–Trinajstić information content (AvgIpc) is 2.98. The standard InChI is InChI=1S/C19H27NO4/c1-13(14-9-7-6-8-10-14)15-11-16(17(21)23-5)20(12-15)18(22)24-19(2,3)4/h6-10,13,15-16H,11-12H2,1-5H3/t13?,15-,16-/m1/s1. The van der Waals surface area contributed by atoms with Crippen molar-refractivity contribution in [3.63, 3.8) is 0 Å². The van der Waals surface area contributed by atoms with Gasteiger partial charge in [0, 0.05) is 6.54 Å². The number of ether oxygens (including phenoxy) is 2. The van der Waals surface area contributed by atoms with Gasteiger partial charge in [0.2, 0.25) is 0 Å². The Labute approximate surface area is 143 Å². The van der Waals surface area contributed by atoms with E-state index in [-0.39, 0.29) is 17.8 Å². The highest BCUT2D eigenvalue weighted by Gasteiger charge is 2.43. The first-order valence-electron chi connectivity index (χ1n) is 8.35. The Bertz CT molecular complexity index is 579. The fraction of sp³-hybridized carbons (Fsp3) is 0.579. The number of carbonyl (C=O) groups is 2. The third-order valence-electron chi connectivity index (χ3n) is 4.47. The van der Waals surface area contributed by atoms with Gasteiger partial charge in [-0.05, 0) is 44.6 Å². The first-order chi connectivity index (χ1) is 11.2. The van der Waals surface area contributed by atoms with E-state index in [1.54, 1.807) is 0 Å². The Morgan fingerprint density at radius 2 is 1.83 bits per heavy atom. The summed E-state index contributed by atoms with van der Waals surface area (Å²) in [6.45, 7) is 8.08. The number of amides is 1. The van der Waals surface area contributed by atoms with Gasteiger partial charge in [-0.1, -0.05) is 37.3 Å². The van der Waals surface area contributed by atoms with E-state index in [2.05, 4.69) is 19.1 Å². The van der Waals surface area contributed by atoms with Gasteiger partial charge in [-0.2, -0.15) is 0 Å². The number of nitrogens with zero attached hydrogens (tertiary/aromatic N) is 1. The SMILES string of the molecule is COC(=O)[C@H]1C[C@@H](C(C)c2ccccc2)CN1C(=O)OC(C)(C)C. The zero-order chi connectivity index (χ0) is 17.9. The number of carbonyl (C=O) groups excluding carboxylic acids is 2. The topological polar surface area (TPSA) is 55.8 Å². The largest absolute Gasteiger partial charge is 0.467 e. The normalized spacial score (nSPS) is 22.1. The molecule has 3 atom stereocenters. The third kappa shape index (κ3) is 4.28. The molecule has 1 unspecified atom stereocenters. The number of hydrogen-bond acceptors (Lipinski definition) is 4. The van der Waals surface area contributed by atoms with E-state index in [1.807, 2.05) is 39.0 Å².